The Morgan fingerprint density at radius 2 is 2.05 bits per heavy atom. The fourth-order valence-corrected chi connectivity index (χ4v) is 2.56. The minimum Gasteiger partial charge on any atom is -0.313 e. The number of hydrogen-bond acceptors (Lipinski definition) is 3. The largest absolute Gasteiger partial charge is 0.313 e. The summed E-state index contributed by atoms with van der Waals surface area (Å²) in [7, 11) is 2.17. The molecule has 0 bridgehead atoms. The summed E-state index contributed by atoms with van der Waals surface area (Å²) in [4.78, 5) is 11.7. The summed E-state index contributed by atoms with van der Waals surface area (Å²) >= 11 is 5.91. The normalized spacial score (nSPS) is 12.0. The molecule has 0 amide bonds. The van der Waals surface area contributed by atoms with Crippen LogP contribution in [-0.2, 0) is 13.0 Å². The van der Waals surface area contributed by atoms with Crippen molar-refractivity contribution in [2.24, 2.45) is 0 Å². The Kier molecular flexibility index (Phi) is 5.59. The van der Waals surface area contributed by atoms with Crippen LogP contribution in [0.2, 0.25) is 0 Å². The first-order valence-corrected chi connectivity index (χ1v) is 8.15. The van der Waals surface area contributed by atoms with Crippen LogP contribution < -0.4 is 0 Å². The lowest BCUT2D eigenvalue weighted by Crippen LogP contribution is -2.28. The summed E-state index contributed by atoms with van der Waals surface area (Å²) in [5, 5.41) is 0. The van der Waals surface area contributed by atoms with Crippen molar-refractivity contribution in [1.29, 1.82) is 0 Å². The van der Waals surface area contributed by atoms with E-state index in [1.54, 1.807) is 0 Å². The van der Waals surface area contributed by atoms with Gasteiger partial charge in [-0.1, -0.05) is 0 Å². The summed E-state index contributed by atoms with van der Waals surface area (Å²) in [6.45, 7) is 8.47. The van der Waals surface area contributed by atoms with Gasteiger partial charge in [0.15, 0.2) is 5.65 Å². The number of aryl methyl sites for hydroxylation is 3. The molecule has 5 heteroatoms. The molecule has 0 aliphatic rings. The first-order valence-electron chi connectivity index (χ1n) is 7.62. The zero-order valence-electron chi connectivity index (χ0n) is 13.4. The van der Waals surface area contributed by atoms with Gasteiger partial charge in [0.1, 0.15) is 11.3 Å². The van der Waals surface area contributed by atoms with Crippen LogP contribution in [-0.4, -0.2) is 44.9 Å². The van der Waals surface area contributed by atoms with Crippen LogP contribution in [0.5, 0.6) is 0 Å². The number of rotatable bonds is 7. The van der Waals surface area contributed by atoms with Crippen LogP contribution in [0, 0.1) is 6.92 Å². The quantitative estimate of drug-likeness (QED) is 0.736. The molecule has 0 aliphatic carbocycles. The van der Waals surface area contributed by atoms with E-state index in [0.717, 1.165) is 48.6 Å². The lowest BCUT2D eigenvalue weighted by molar-refractivity contribution is 0.265. The first kappa shape index (κ1) is 16.2. The summed E-state index contributed by atoms with van der Waals surface area (Å²) in [6.07, 6.45) is 1.88. The van der Waals surface area contributed by atoms with Crippen LogP contribution >= 0.6 is 11.6 Å². The van der Waals surface area contributed by atoms with E-state index < -0.39 is 0 Å². The number of nitrogens with zero attached hydrogens (tertiary/aromatic N) is 4. The van der Waals surface area contributed by atoms with Crippen LogP contribution in [0.15, 0.2) is 12.1 Å². The van der Waals surface area contributed by atoms with Crippen LogP contribution in [0.1, 0.15) is 31.8 Å². The highest BCUT2D eigenvalue weighted by Gasteiger charge is 2.12. The second-order valence-electron chi connectivity index (χ2n) is 5.84. The number of imidazole rings is 1. The summed E-state index contributed by atoms with van der Waals surface area (Å²) < 4.78 is 2.24. The van der Waals surface area contributed by atoms with Crippen molar-refractivity contribution in [2.75, 3.05) is 19.5 Å². The highest BCUT2D eigenvalue weighted by molar-refractivity contribution is 6.17. The number of fused-ring (bicyclic) bond motifs is 1. The molecule has 0 atom stereocenters. The molecule has 116 valence electrons. The van der Waals surface area contributed by atoms with Crippen molar-refractivity contribution < 1.29 is 0 Å². The Hall–Kier alpha value is -1.13. The van der Waals surface area contributed by atoms with Crippen molar-refractivity contribution in [3.63, 3.8) is 0 Å². The Balaban J connectivity index is 2.19. The lowest BCUT2D eigenvalue weighted by atomic mass is 10.3. The Morgan fingerprint density at radius 1 is 1.29 bits per heavy atom. The molecule has 0 unspecified atom stereocenters. The van der Waals surface area contributed by atoms with Gasteiger partial charge in [0.05, 0.1) is 0 Å². The van der Waals surface area contributed by atoms with Crippen molar-refractivity contribution >= 4 is 22.8 Å². The van der Waals surface area contributed by atoms with Crippen molar-refractivity contribution in [3.8, 4) is 0 Å². The van der Waals surface area contributed by atoms with E-state index in [2.05, 4.69) is 40.3 Å². The third-order valence-corrected chi connectivity index (χ3v) is 4.09. The molecule has 2 aromatic rings. The number of hydrogen-bond donors (Lipinski definition) is 0. The summed E-state index contributed by atoms with van der Waals surface area (Å²) in [5.41, 5.74) is 2.99. The molecule has 0 saturated carbocycles. The predicted octanol–water partition coefficient (Wildman–Crippen LogP) is 3.25. The third-order valence-electron chi connectivity index (χ3n) is 3.90. The van der Waals surface area contributed by atoms with E-state index in [1.165, 1.54) is 0 Å². The number of halogens is 1. The highest BCUT2D eigenvalue weighted by atomic mass is 35.5. The molecule has 2 rings (SSSR count). The van der Waals surface area contributed by atoms with Gasteiger partial charge in [0.2, 0.25) is 0 Å². The van der Waals surface area contributed by atoms with E-state index in [4.69, 9.17) is 11.6 Å². The third kappa shape index (κ3) is 3.95. The van der Waals surface area contributed by atoms with Crippen LogP contribution in [0.4, 0.5) is 0 Å². The standard InChI is InChI=1S/C16H25ClN4/c1-12(2)20(4)10-5-11-21-15(8-9-17)19-14-7-6-13(3)18-16(14)21/h6-7,12H,5,8-11H2,1-4H3. The Labute approximate surface area is 132 Å². The Morgan fingerprint density at radius 3 is 2.71 bits per heavy atom. The number of pyridine rings is 1. The topological polar surface area (TPSA) is 34.0 Å². The van der Waals surface area contributed by atoms with Gasteiger partial charge in [-0.15, -0.1) is 11.6 Å². The molecule has 2 heterocycles. The maximum atomic E-state index is 5.91. The van der Waals surface area contributed by atoms with E-state index in [1.807, 2.05) is 19.1 Å². The number of alkyl halides is 1. The van der Waals surface area contributed by atoms with Crippen molar-refractivity contribution in [2.45, 2.75) is 46.2 Å². The Bertz CT molecular complexity index is 591. The molecule has 0 N–H and O–H groups in total. The fourth-order valence-electron chi connectivity index (χ4n) is 2.39. The predicted molar refractivity (Wildman–Crippen MR) is 89.1 cm³/mol. The molecule has 0 fully saturated rings. The molecule has 0 aromatic carbocycles. The molecule has 0 radical (unpaired) electrons. The van der Waals surface area contributed by atoms with Gasteiger partial charge in [-0.2, -0.15) is 0 Å². The molecule has 2 aromatic heterocycles. The molecule has 0 aliphatic heterocycles. The maximum Gasteiger partial charge on any atom is 0.160 e. The summed E-state index contributed by atoms with van der Waals surface area (Å²) in [5.74, 6) is 1.64. The minimum atomic E-state index is 0.576. The SMILES string of the molecule is Cc1ccc2nc(CCCl)n(CCCN(C)C(C)C)c2n1. The average Bonchev–Trinajstić information content (AvgIpc) is 2.76. The lowest BCUT2D eigenvalue weighted by Gasteiger charge is -2.21. The highest BCUT2D eigenvalue weighted by Crippen LogP contribution is 2.16. The van der Waals surface area contributed by atoms with E-state index in [-0.39, 0.29) is 0 Å². The van der Waals surface area contributed by atoms with Crippen LogP contribution in [0.25, 0.3) is 11.2 Å². The van der Waals surface area contributed by atoms with Gasteiger partial charge in [-0.05, 0) is 52.9 Å². The zero-order valence-corrected chi connectivity index (χ0v) is 14.2. The smallest absolute Gasteiger partial charge is 0.160 e. The molecule has 21 heavy (non-hydrogen) atoms. The van der Waals surface area contributed by atoms with Gasteiger partial charge in [0.25, 0.3) is 0 Å². The van der Waals surface area contributed by atoms with Gasteiger partial charge in [-0.25, -0.2) is 9.97 Å². The number of aromatic nitrogens is 3. The van der Waals surface area contributed by atoms with Crippen LogP contribution in [0.3, 0.4) is 0 Å². The van der Waals surface area contributed by atoms with E-state index >= 15 is 0 Å². The van der Waals surface area contributed by atoms with Crippen molar-refractivity contribution in [1.82, 2.24) is 19.4 Å². The molecule has 0 spiro atoms. The molecule has 4 nitrogen and oxygen atoms in total. The van der Waals surface area contributed by atoms with E-state index in [0.29, 0.717) is 11.9 Å². The minimum absolute atomic E-state index is 0.576. The second-order valence-corrected chi connectivity index (χ2v) is 6.22. The average molecular weight is 309 g/mol. The summed E-state index contributed by atoms with van der Waals surface area (Å²) in [6, 6.07) is 4.63. The monoisotopic (exact) mass is 308 g/mol. The first-order chi connectivity index (χ1) is 10.0. The maximum absolute atomic E-state index is 5.91. The van der Waals surface area contributed by atoms with Crippen molar-refractivity contribution in [3.05, 3.63) is 23.7 Å². The zero-order chi connectivity index (χ0) is 15.4. The molecular formula is C16H25ClN4. The van der Waals surface area contributed by atoms with Gasteiger partial charge >= 0.3 is 0 Å². The van der Waals surface area contributed by atoms with Gasteiger partial charge < -0.3 is 9.47 Å². The molecular weight excluding hydrogens is 284 g/mol. The fraction of sp³-hybridized carbons (Fsp3) is 0.625. The molecule has 0 saturated heterocycles. The van der Waals surface area contributed by atoms with Gasteiger partial charge in [-0.3, -0.25) is 0 Å². The van der Waals surface area contributed by atoms with Gasteiger partial charge in [0, 0.05) is 30.6 Å². The van der Waals surface area contributed by atoms with E-state index in [9.17, 15) is 0 Å². The second kappa shape index (κ2) is 7.23.